The summed E-state index contributed by atoms with van der Waals surface area (Å²) < 4.78 is 0. The van der Waals surface area contributed by atoms with Crippen LogP contribution in [0.2, 0.25) is 0 Å². The van der Waals surface area contributed by atoms with Gasteiger partial charge in [-0.1, -0.05) is 42.5 Å². The first kappa shape index (κ1) is 14.9. The summed E-state index contributed by atoms with van der Waals surface area (Å²) in [7, 11) is 2.09. The molecule has 1 aromatic carbocycles. The van der Waals surface area contributed by atoms with E-state index in [1.807, 2.05) is 30.3 Å². The fourth-order valence-corrected chi connectivity index (χ4v) is 2.49. The van der Waals surface area contributed by atoms with Gasteiger partial charge < -0.3 is 16.0 Å². The van der Waals surface area contributed by atoms with Crippen molar-refractivity contribution in [1.82, 2.24) is 10.2 Å². The van der Waals surface area contributed by atoms with Crippen molar-refractivity contribution in [3.8, 4) is 0 Å². The number of likely N-dealkylation sites (N-methyl/N-ethyl adjacent to an activating group) is 1. The SMILES string of the molecule is CN(CCNC(=O)C(C(N)=S)c1ccccc1)C1CC1. The zero-order valence-electron chi connectivity index (χ0n) is 11.7. The van der Waals surface area contributed by atoms with Crippen LogP contribution in [0.5, 0.6) is 0 Å². The van der Waals surface area contributed by atoms with E-state index in [9.17, 15) is 4.79 Å². The first-order valence-electron chi connectivity index (χ1n) is 6.92. The monoisotopic (exact) mass is 291 g/mol. The van der Waals surface area contributed by atoms with Crippen LogP contribution in [0.15, 0.2) is 30.3 Å². The third kappa shape index (κ3) is 4.02. The first-order valence-corrected chi connectivity index (χ1v) is 7.32. The molecule has 20 heavy (non-hydrogen) atoms. The Labute approximate surface area is 125 Å². The lowest BCUT2D eigenvalue weighted by Crippen LogP contribution is -2.40. The Morgan fingerprint density at radius 1 is 1.45 bits per heavy atom. The van der Waals surface area contributed by atoms with E-state index < -0.39 is 5.92 Å². The lowest BCUT2D eigenvalue weighted by atomic mass is 9.98. The summed E-state index contributed by atoms with van der Waals surface area (Å²) in [5, 5.41) is 2.93. The van der Waals surface area contributed by atoms with Gasteiger partial charge in [-0.15, -0.1) is 0 Å². The van der Waals surface area contributed by atoms with Crippen LogP contribution in [0, 0.1) is 0 Å². The van der Waals surface area contributed by atoms with E-state index in [2.05, 4.69) is 17.3 Å². The minimum Gasteiger partial charge on any atom is -0.392 e. The smallest absolute Gasteiger partial charge is 0.234 e. The molecule has 0 saturated heterocycles. The van der Waals surface area contributed by atoms with Crippen molar-refractivity contribution in [2.24, 2.45) is 5.73 Å². The maximum Gasteiger partial charge on any atom is 0.234 e. The summed E-state index contributed by atoms with van der Waals surface area (Å²) in [6, 6.07) is 10.1. The molecule has 5 heteroatoms. The van der Waals surface area contributed by atoms with Crippen LogP contribution < -0.4 is 11.1 Å². The second-order valence-corrected chi connectivity index (χ2v) is 5.72. The minimum atomic E-state index is -0.544. The maximum absolute atomic E-state index is 12.3. The highest BCUT2D eigenvalue weighted by Gasteiger charge is 2.26. The summed E-state index contributed by atoms with van der Waals surface area (Å²) in [6.45, 7) is 1.48. The number of nitrogens with two attached hydrogens (primary N) is 1. The fourth-order valence-electron chi connectivity index (χ4n) is 2.25. The van der Waals surface area contributed by atoms with Gasteiger partial charge in [0.05, 0.1) is 4.99 Å². The van der Waals surface area contributed by atoms with Crippen LogP contribution in [0.3, 0.4) is 0 Å². The molecule has 3 N–H and O–H groups in total. The molecule has 0 heterocycles. The molecule has 1 saturated carbocycles. The van der Waals surface area contributed by atoms with Crippen molar-refractivity contribution in [3.05, 3.63) is 35.9 Å². The lowest BCUT2D eigenvalue weighted by molar-refractivity contribution is -0.121. The Balaban J connectivity index is 1.89. The van der Waals surface area contributed by atoms with Crippen molar-refractivity contribution in [3.63, 3.8) is 0 Å². The minimum absolute atomic E-state index is 0.118. The van der Waals surface area contributed by atoms with Crippen molar-refractivity contribution in [2.45, 2.75) is 24.8 Å². The molecular weight excluding hydrogens is 270 g/mol. The number of benzene rings is 1. The van der Waals surface area contributed by atoms with Crippen molar-refractivity contribution >= 4 is 23.1 Å². The molecule has 1 unspecified atom stereocenters. The van der Waals surface area contributed by atoms with E-state index >= 15 is 0 Å². The molecular formula is C15H21N3OS. The normalized spacial score (nSPS) is 15.9. The summed E-state index contributed by atoms with van der Waals surface area (Å²) in [5.41, 5.74) is 6.56. The van der Waals surface area contributed by atoms with E-state index in [0.29, 0.717) is 12.6 Å². The first-order chi connectivity index (χ1) is 9.59. The molecule has 2 rings (SSSR count). The average Bonchev–Trinajstić information content (AvgIpc) is 3.24. The second-order valence-electron chi connectivity index (χ2n) is 5.25. The number of carbonyl (C=O) groups excluding carboxylic acids is 1. The molecule has 0 spiro atoms. The van der Waals surface area contributed by atoms with Gasteiger partial charge >= 0.3 is 0 Å². The van der Waals surface area contributed by atoms with Gasteiger partial charge in [-0.3, -0.25) is 4.79 Å². The number of nitrogens with one attached hydrogen (secondary N) is 1. The predicted molar refractivity (Wildman–Crippen MR) is 84.6 cm³/mol. The molecule has 0 aliphatic heterocycles. The molecule has 108 valence electrons. The topological polar surface area (TPSA) is 58.4 Å². The Morgan fingerprint density at radius 3 is 2.65 bits per heavy atom. The summed E-state index contributed by atoms with van der Waals surface area (Å²) in [4.78, 5) is 14.7. The largest absolute Gasteiger partial charge is 0.392 e. The number of carbonyl (C=O) groups is 1. The van der Waals surface area contributed by atoms with Crippen LogP contribution in [-0.2, 0) is 4.79 Å². The van der Waals surface area contributed by atoms with Gasteiger partial charge in [-0.05, 0) is 25.5 Å². The Kier molecular flexibility index (Phi) is 5.09. The van der Waals surface area contributed by atoms with Crippen molar-refractivity contribution in [1.29, 1.82) is 0 Å². The van der Waals surface area contributed by atoms with Gasteiger partial charge in [0, 0.05) is 19.1 Å². The van der Waals surface area contributed by atoms with Gasteiger partial charge in [-0.2, -0.15) is 0 Å². The van der Waals surface area contributed by atoms with E-state index in [0.717, 1.165) is 12.1 Å². The molecule has 4 nitrogen and oxygen atoms in total. The number of nitrogens with zero attached hydrogens (tertiary/aromatic N) is 1. The van der Waals surface area contributed by atoms with Gasteiger partial charge in [-0.25, -0.2) is 0 Å². The van der Waals surface area contributed by atoms with Crippen LogP contribution in [-0.4, -0.2) is 42.0 Å². The van der Waals surface area contributed by atoms with E-state index in [4.69, 9.17) is 18.0 Å². The maximum atomic E-state index is 12.3. The predicted octanol–water partition coefficient (Wildman–Crippen LogP) is 1.27. The second kappa shape index (κ2) is 6.81. The lowest BCUT2D eigenvalue weighted by Gasteiger charge is -2.19. The Morgan fingerprint density at radius 2 is 2.10 bits per heavy atom. The van der Waals surface area contributed by atoms with Crippen LogP contribution >= 0.6 is 12.2 Å². The van der Waals surface area contributed by atoms with Crippen molar-refractivity contribution < 1.29 is 4.79 Å². The van der Waals surface area contributed by atoms with E-state index in [-0.39, 0.29) is 10.9 Å². The molecule has 1 fully saturated rings. The molecule has 0 aromatic heterocycles. The fraction of sp³-hybridized carbons (Fsp3) is 0.467. The molecule has 1 aliphatic carbocycles. The van der Waals surface area contributed by atoms with Gasteiger partial charge in [0.15, 0.2) is 0 Å². The van der Waals surface area contributed by atoms with Crippen LogP contribution in [0.4, 0.5) is 0 Å². The molecule has 0 radical (unpaired) electrons. The van der Waals surface area contributed by atoms with Crippen molar-refractivity contribution in [2.75, 3.05) is 20.1 Å². The van der Waals surface area contributed by atoms with E-state index in [1.54, 1.807) is 0 Å². The molecule has 1 aliphatic rings. The standard InChI is InChI=1S/C15H21N3OS/c1-18(12-7-8-12)10-9-17-15(19)13(14(16)20)11-5-3-2-4-6-11/h2-6,12-13H,7-10H2,1H3,(H2,16,20)(H,17,19). The van der Waals surface area contributed by atoms with Gasteiger partial charge in [0.1, 0.15) is 5.92 Å². The van der Waals surface area contributed by atoms with Gasteiger partial charge in [0.25, 0.3) is 0 Å². The number of rotatable bonds is 7. The number of amides is 1. The summed E-state index contributed by atoms with van der Waals surface area (Å²) >= 11 is 5.04. The zero-order valence-corrected chi connectivity index (χ0v) is 12.5. The van der Waals surface area contributed by atoms with E-state index in [1.165, 1.54) is 12.8 Å². The summed E-state index contributed by atoms with van der Waals surface area (Å²) in [5.74, 6) is -0.662. The quantitative estimate of drug-likeness (QED) is 0.743. The van der Waals surface area contributed by atoms with Crippen LogP contribution in [0.25, 0.3) is 0 Å². The Bertz CT molecular complexity index is 473. The third-order valence-corrected chi connectivity index (χ3v) is 3.85. The number of hydrogen-bond acceptors (Lipinski definition) is 3. The highest BCUT2D eigenvalue weighted by molar-refractivity contribution is 7.80. The third-order valence-electron chi connectivity index (χ3n) is 3.61. The molecule has 0 bridgehead atoms. The van der Waals surface area contributed by atoms with Gasteiger partial charge in [0.2, 0.25) is 5.91 Å². The molecule has 1 atom stereocenters. The average molecular weight is 291 g/mol. The molecule has 1 amide bonds. The highest BCUT2D eigenvalue weighted by Crippen LogP contribution is 2.24. The molecule has 1 aromatic rings. The Hall–Kier alpha value is -1.46. The number of thiocarbonyl (C=S) groups is 1. The highest BCUT2D eigenvalue weighted by atomic mass is 32.1. The number of hydrogen-bond donors (Lipinski definition) is 2. The van der Waals surface area contributed by atoms with Crippen LogP contribution in [0.1, 0.15) is 24.3 Å². The summed E-state index contributed by atoms with van der Waals surface area (Å²) in [6.07, 6.45) is 2.54. The zero-order chi connectivity index (χ0) is 14.5.